The highest BCUT2D eigenvalue weighted by atomic mass is 32.1. The van der Waals surface area contributed by atoms with Crippen molar-refractivity contribution < 1.29 is 0 Å². The number of thiophene rings is 1. The van der Waals surface area contributed by atoms with Crippen molar-refractivity contribution in [1.29, 1.82) is 0 Å². The third-order valence-electron chi connectivity index (χ3n) is 7.52. The molecule has 0 spiro atoms. The van der Waals surface area contributed by atoms with Crippen molar-refractivity contribution in [1.82, 2.24) is 0 Å². The van der Waals surface area contributed by atoms with Crippen LogP contribution in [0.4, 0.5) is 11.4 Å². The maximum absolute atomic E-state index is 2.36. The number of hydrogen-bond donors (Lipinski definition) is 0. The zero-order chi connectivity index (χ0) is 26.2. The Morgan fingerprint density at radius 3 is 1.87 bits per heavy atom. The molecule has 0 saturated carbocycles. The van der Waals surface area contributed by atoms with Gasteiger partial charge < -0.3 is 4.90 Å². The molecule has 0 N–H and O–H groups in total. The molecule has 1 nitrogen and oxygen atoms in total. The van der Waals surface area contributed by atoms with Crippen LogP contribution in [0.15, 0.2) is 146 Å². The fraction of sp³-hybridized carbons (Fsp3) is 0.0270. The van der Waals surface area contributed by atoms with Crippen molar-refractivity contribution in [2.24, 2.45) is 0 Å². The van der Waals surface area contributed by atoms with Gasteiger partial charge >= 0.3 is 0 Å². The molecule has 0 aliphatic rings. The van der Waals surface area contributed by atoms with Gasteiger partial charge in [-0.25, -0.2) is 0 Å². The van der Waals surface area contributed by atoms with E-state index in [4.69, 9.17) is 0 Å². The highest BCUT2D eigenvalue weighted by Crippen LogP contribution is 2.44. The SMILES string of the molecule is CN(c1ccc(-c2ccccc2)c(-c2cccc3c2sc2ccccc23)c1)c1ccccc1-c1ccccc1. The quantitative estimate of drug-likeness (QED) is 0.219. The predicted octanol–water partition coefficient (Wildman–Crippen LogP) is 10.8. The molecular weight excluding hydrogens is 490 g/mol. The molecule has 7 aromatic rings. The van der Waals surface area contributed by atoms with Crippen LogP contribution < -0.4 is 4.90 Å². The van der Waals surface area contributed by atoms with Crippen molar-refractivity contribution in [2.75, 3.05) is 11.9 Å². The van der Waals surface area contributed by atoms with Gasteiger partial charge in [-0.2, -0.15) is 0 Å². The van der Waals surface area contributed by atoms with Crippen molar-refractivity contribution in [3.63, 3.8) is 0 Å². The standard InChI is InChI=1S/C37H27NS/c1-38(35-21-10-8-17-30(35)27-15-6-3-7-16-27)28-23-24-29(26-13-4-2-5-14-26)34(25-28)33-20-12-19-32-31-18-9-11-22-36(31)39-37(32)33/h2-25H,1H3. The maximum Gasteiger partial charge on any atom is 0.0487 e. The van der Waals surface area contributed by atoms with E-state index in [9.17, 15) is 0 Å². The summed E-state index contributed by atoms with van der Waals surface area (Å²) in [4.78, 5) is 2.31. The second-order valence-corrected chi connectivity index (χ2v) is 10.9. The van der Waals surface area contributed by atoms with Crippen LogP contribution in [0.25, 0.3) is 53.6 Å². The van der Waals surface area contributed by atoms with Crippen LogP contribution in [0.3, 0.4) is 0 Å². The molecule has 0 atom stereocenters. The summed E-state index contributed by atoms with van der Waals surface area (Å²) in [7, 11) is 2.17. The molecule has 186 valence electrons. The molecule has 0 unspecified atom stereocenters. The molecule has 0 saturated heterocycles. The minimum Gasteiger partial charge on any atom is -0.344 e. The predicted molar refractivity (Wildman–Crippen MR) is 170 cm³/mol. The summed E-state index contributed by atoms with van der Waals surface area (Å²) >= 11 is 1.88. The van der Waals surface area contributed by atoms with Gasteiger partial charge in [0.2, 0.25) is 0 Å². The Labute approximate surface area is 233 Å². The molecule has 2 heteroatoms. The third kappa shape index (κ3) is 4.20. The third-order valence-corrected chi connectivity index (χ3v) is 8.74. The molecule has 0 amide bonds. The maximum atomic E-state index is 2.36. The molecule has 7 rings (SSSR count). The Morgan fingerprint density at radius 2 is 1.08 bits per heavy atom. The van der Waals surface area contributed by atoms with Gasteiger partial charge in [0.05, 0.1) is 0 Å². The average molecular weight is 518 g/mol. The number of rotatable bonds is 5. The van der Waals surface area contributed by atoms with Crippen LogP contribution in [-0.2, 0) is 0 Å². The van der Waals surface area contributed by atoms with Gasteiger partial charge in [0, 0.05) is 49.7 Å². The van der Waals surface area contributed by atoms with Crippen LogP contribution >= 0.6 is 11.3 Å². The van der Waals surface area contributed by atoms with Gasteiger partial charge in [-0.3, -0.25) is 0 Å². The summed E-state index contributed by atoms with van der Waals surface area (Å²) in [6.45, 7) is 0. The van der Waals surface area contributed by atoms with Crippen molar-refractivity contribution in [3.8, 4) is 33.4 Å². The molecule has 6 aromatic carbocycles. The minimum atomic E-state index is 1.16. The van der Waals surface area contributed by atoms with Crippen LogP contribution in [0, 0.1) is 0 Å². The summed E-state index contributed by atoms with van der Waals surface area (Å²) in [5, 5.41) is 2.64. The lowest BCUT2D eigenvalue weighted by molar-refractivity contribution is 1.21. The molecule has 0 radical (unpaired) electrons. The smallest absolute Gasteiger partial charge is 0.0487 e. The number of fused-ring (bicyclic) bond motifs is 3. The largest absolute Gasteiger partial charge is 0.344 e. The summed E-state index contributed by atoms with van der Waals surface area (Å²) < 4.78 is 2.66. The van der Waals surface area contributed by atoms with Gasteiger partial charge in [0.15, 0.2) is 0 Å². The average Bonchev–Trinajstić information content (AvgIpc) is 3.40. The summed E-state index contributed by atoms with van der Waals surface area (Å²) in [5.41, 5.74) is 9.78. The van der Waals surface area contributed by atoms with E-state index in [1.165, 1.54) is 59.2 Å². The van der Waals surface area contributed by atoms with E-state index in [1.807, 2.05) is 11.3 Å². The lowest BCUT2D eigenvalue weighted by Crippen LogP contribution is -2.11. The number of hydrogen-bond acceptors (Lipinski definition) is 2. The Kier molecular flexibility index (Phi) is 5.96. The molecule has 0 fully saturated rings. The fourth-order valence-corrected chi connectivity index (χ4v) is 6.79. The molecular formula is C37H27NS. The molecule has 0 bridgehead atoms. The van der Waals surface area contributed by atoms with Crippen molar-refractivity contribution in [2.45, 2.75) is 0 Å². The normalized spacial score (nSPS) is 11.2. The van der Waals surface area contributed by atoms with E-state index >= 15 is 0 Å². The topological polar surface area (TPSA) is 3.24 Å². The van der Waals surface area contributed by atoms with Crippen molar-refractivity contribution in [3.05, 3.63) is 146 Å². The second-order valence-electron chi connectivity index (χ2n) is 9.82. The van der Waals surface area contributed by atoms with E-state index < -0.39 is 0 Å². The van der Waals surface area contributed by atoms with Gasteiger partial charge in [-0.15, -0.1) is 11.3 Å². The van der Waals surface area contributed by atoms with E-state index in [2.05, 4.69) is 158 Å². The van der Waals surface area contributed by atoms with Gasteiger partial charge in [0.25, 0.3) is 0 Å². The summed E-state index contributed by atoms with van der Waals surface area (Å²) in [5.74, 6) is 0. The van der Waals surface area contributed by atoms with Crippen LogP contribution in [-0.4, -0.2) is 7.05 Å². The Hall–Kier alpha value is -4.66. The monoisotopic (exact) mass is 517 g/mol. The number of anilines is 2. The van der Waals surface area contributed by atoms with Crippen LogP contribution in [0.2, 0.25) is 0 Å². The van der Waals surface area contributed by atoms with Gasteiger partial charge in [-0.1, -0.05) is 121 Å². The molecule has 0 aliphatic carbocycles. The Morgan fingerprint density at radius 1 is 0.462 bits per heavy atom. The Bertz CT molecular complexity index is 1920. The number of nitrogens with zero attached hydrogens (tertiary/aromatic N) is 1. The van der Waals surface area contributed by atoms with E-state index in [1.54, 1.807) is 0 Å². The van der Waals surface area contributed by atoms with E-state index in [-0.39, 0.29) is 0 Å². The lowest BCUT2D eigenvalue weighted by Gasteiger charge is -2.24. The lowest BCUT2D eigenvalue weighted by atomic mass is 9.92. The molecule has 39 heavy (non-hydrogen) atoms. The van der Waals surface area contributed by atoms with E-state index in [0.29, 0.717) is 0 Å². The highest BCUT2D eigenvalue weighted by molar-refractivity contribution is 7.26. The first kappa shape index (κ1) is 23.5. The summed E-state index contributed by atoms with van der Waals surface area (Å²) in [6.07, 6.45) is 0. The first-order valence-electron chi connectivity index (χ1n) is 13.3. The zero-order valence-electron chi connectivity index (χ0n) is 21.7. The first-order chi connectivity index (χ1) is 19.3. The number of para-hydroxylation sites is 1. The van der Waals surface area contributed by atoms with E-state index in [0.717, 1.165) is 5.69 Å². The van der Waals surface area contributed by atoms with Crippen molar-refractivity contribution >= 4 is 42.9 Å². The van der Waals surface area contributed by atoms with Crippen LogP contribution in [0.5, 0.6) is 0 Å². The number of benzene rings is 6. The molecule has 1 heterocycles. The highest BCUT2D eigenvalue weighted by Gasteiger charge is 2.17. The van der Waals surface area contributed by atoms with Gasteiger partial charge in [0.1, 0.15) is 0 Å². The molecule has 0 aliphatic heterocycles. The minimum absolute atomic E-state index is 1.16. The molecule has 1 aromatic heterocycles. The zero-order valence-corrected chi connectivity index (χ0v) is 22.5. The second kappa shape index (κ2) is 9.90. The van der Waals surface area contributed by atoms with Crippen LogP contribution in [0.1, 0.15) is 0 Å². The Balaban J connectivity index is 1.44. The fourth-order valence-electron chi connectivity index (χ4n) is 5.56. The first-order valence-corrected chi connectivity index (χ1v) is 14.1. The van der Waals surface area contributed by atoms with Gasteiger partial charge in [-0.05, 0) is 46.5 Å². The summed E-state index contributed by atoms with van der Waals surface area (Å²) in [6, 6.07) is 52.4.